The lowest BCUT2D eigenvalue weighted by molar-refractivity contribution is 0.0953. The molecule has 3 aromatic rings. The van der Waals surface area contributed by atoms with Crippen LogP contribution in [0.4, 0.5) is 4.39 Å². The molecule has 2 aromatic heterocycles. The van der Waals surface area contributed by atoms with E-state index in [1.165, 1.54) is 18.3 Å². The third-order valence-electron chi connectivity index (χ3n) is 3.12. The summed E-state index contributed by atoms with van der Waals surface area (Å²) in [6, 6.07) is 9.20. The Kier molecular flexibility index (Phi) is 4.37. The summed E-state index contributed by atoms with van der Waals surface area (Å²) < 4.78 is 18.0. The number of nitrogens with one attached hydrogen (secondary N) is 1. The van der Waals surface area contributed by atoms with Gasteiger partial charge >= 0.3 is 0 Å². The second-order valence-corrected chi connectivity index (χ2v) is 4.77. The van der Waals surface area contributed by atoms with Crippen LogP contribution in [0.5, 0.6) is 0 Å². The third-order valence-corrected chi connectivity index (χ3v) is 3.12. The fourth-order valence-corrected chi connectivity index (χ4v) is 1.95. The maximum absolute atomic E-state index is 12.9. The first kappa shape index (κ1) is 14.8. The van der Waals surface area contributed by atoms with E-state index in [2.05, 4.69) is 20.4 Å². The van der Waals surface area contributed by atoms with Gasteiger partial charge in [-0.3, -0.25) is 9.78 Å². The Balaban J connectivity index is 1.55. The zero-order valence-corrected chi connectivity index (χ0v) is 12.1. The quantitative estimate of drug-likeness (QED) is 0.781. The number of benzene rings is 1. The van der Waals surface area contributed by atoms with Crippen molar-refractivity contribution in [1.82, 2.24) is 20.4 Å². The average molecular weight is 312 g/mol. The number of carbonyl (C=O) groups excluding carboxylic acids is 1. The molecule has 0 fully saturated rings. The topological polar surface area (TPSA) is 80.9 Å². The highest BCUT2D eigenvalue weighted by atomic mass is 19.1. The van der Waals surface area contributed by atoms with Crippen molar-refractivity contribution in [3.63, 3.8) is 0 Å². The van der Waals surface area contributed by atoms with E-state index in [1.807, 2.05) is 0 Å². The normalized spacial score (nSPS) is 10.5. The van der Waals surface area contributed by atoms with Crippen LogP contribution in [0.2, 0.25) is 0 Å². The largest absolute Gasteiger partial charge is 0.351 e. The first-order valence-corrected chi connectivity index (χ1v) is 6.99. The van der Waals surface area contributed by atoms with Crippen molar-refractivity contribution in [2.45, 2.75) is 6.42 Å². The lowest BCUT2D eigenvalue weighted by Gasteiger charge is -2.02. The molecule has 0 unspecified atom stereocenters. The Bertz CT molecular complexity index is 787. The van der Waals surface area contributed by atoms with Crippen LogP contribution in [0.15, 0.2) is 53.3 Å². The molecule has 2 heterocycles. The highest BCUT2D eigenvalue weighted by molar-refractivity contribution is 5.93. The van der Waals surface area contributed by atoms with Gasteiger partial charge in [-0.05, 0) is 36.4 Å². The second kappa shape index (κ2) is 6.78. The van der Waals surface area contributed by atoms with Gasteiger partial charge in [-0.25, -0.2) is 4.39 Å². The molecule has 0 spiro atoms. The second-order valence-electron chi connectivity index (χ2n) is 4.77. The number of hydrogen-bond acceptors (Lipinski definition) is 5. The minimum atomic E-state index is -0.324. The van der Waals surface area contributed by atoms with Crippen LogP contribution in [-0.4, -0.2) is 27.6 Å². The Labute approximate surface area is 131 Å². The van der Waals surface area contributed by atoms with Crippen LogP contribution in [0.3, 0.4) is 0 Å². The smallest absolute Gasteiger partial charge is 0.252 e. The van der Waals surface area contributed by atoms with Gasteiger partial charge in [-0.15, -0.1) is 0 Å². The van der Waals surface area contributed by atoms with Gasteiger partial charge in [0.2, 0.25) is 11.7 Å². The number of amides is 1. The highest BCUT2D eigenvalue weighted by Crippen LogP contribution is 2.16. The van der Waals surface area contributed by atoms with Gasteiger partial charge < -0.3 is 9.84 Å². The number of rotatable bonds is 5. The van der Waals surface area contributed by atoms with Crippen LogP contribution in [0.1, 0.15) is 16.2 Å². The molecule has 23 heavy (non-hydrogen) atoms. The molecule has 116 valence electrons. The van der Waals surface area contributed by atoms with Gasteiger partial charge in [-0.2, -0.15) is 4.98 Å². The molecule has 0 bridgehead atoms. The Morgan fingerprint density at radius 1 is 1.22 bits per heavy atom. The Morgan fingerprint density at radius 2 is 2.04 bits per heavy atom. The molecule has 3 rings (SSSR count). The molecule has 0 saturated heterocycles. The van der Waals surface area contributed by atoms with Crippen molar-refractivity contribution in [3.8, 4) is 11.4 Å². The predicted octanol–water partition coefficient (Wildman–Crippen LogP) is 2.24. The van der Waals surface area contributed by atoms with Gasteiger partial charge in [0.1, 0.15) is 5.82 Å². The summed E-state index contributed by atoms with van der Waals surface area (Å²) in [4.78, 5) is 19.9. The molecule has 0 atom stereocenters. The van der Waals surface area contributed by atoms with Crippen LogP contribution < -0.4 is 5.32 Å². The fourth-order valence-electron chi connectivity index (χ4n) is 1.95. The number of carbonyl (C=O) groups is 1. The van der Waals surface area contributed by atoms with E-state index in [9.17, 15) is 9.18 Å². The van der Waals surface area contributed by atoms with Gasteiger partial charge in [0.05, 0.1) is 5.56 Å². The number of halogens is 1. The zero-order valence-electron chi connectivity index (χ0n) is 12.1. The van der Waals surface area contributed by atoms with E-state index in [0.29, 0.717) is 35.8 Å². The monoisotopic (exact) mass is 312 g/mol. The summed E-state index contributed by atoms with van der Waals surface area (Å²) in [6.07, 6.45) is 3.50. The summed E-state index contributed by atoms with van der Waals surface area (Å²) >= 11 is 0. The lowest BCUT2D eigenvalue weighted by Crippen LogP contribution is -2.25. The first-order chi connectivity index (χ1) is 11.2. The predicted molar refractivity (Wildman–Crippen MR) is 80.0 cm³/mol. The summed E-state index contributed by atoms with van der Waals surface area (Å²) in [5.74, 6) is 0.251. The average Bonchev–Trinajstić information content (AvgIpc) is 3.05. The molecule has 1 N–H and O–H groups in total. The molecule has 1 amide bonds. The molecule has 0 aliphatic heterocycles. The molecule has 0 saturated carbocycles. The molecule has 7 heteroatoms. The third kappa shape index (κ3) is 3.76. The Hall–Kier alpha value is -3.09. The number of hydrogen-bond donors (Lipinski definition) is 1. The summed E-state index contributed by atoms with van der Waals surface area (Å²) in [5, 5.41) is 6.59. The van der Waals surface area contributed by atoms with Gasteiger partial charge in [0.15, 0.2) is 0 Å². The van der Waals surface area contributed by atoms with E-state index in [4.69, 9.17) is 4.52 Å². The van der Waals surface area contributed by atoms with Crippen molar-refractivity contribution in [2.75, 3.05) is 6.54 Å². The van der Waals surface area contributed by atoms with E-state index >= 15 is 0 Å². The van der Waals surface area contributed by atoms with Crippen molar-refractivity contribution in [2.24, 2.45) is 0 Å². The summed E-state index contributed by atoms with van der Waals surface area (Å²) in [6.45, 7) is 0.360. The van der Waals surface area contributed by atoms with Crippen molar-refractivity contribution in [3.05, 3.63) is 66.1 Å². The number of nitrogens with zero attached hydrogens (tertiary/aromatic N) is 3. The van der Waals surface area contributed by atoms with E-state index in [0.717, 1.165) is 0 Å². The van der Waals surface area contributed by atoms with E-state index in [-0.39, 0.29) is 11.7 Å². The Morgan fingerprint density at radius 3 is 2.78 bits per heavy atom. The minimum Gasteiger partial charge on any atom is -0.351 e. The van der Waals surface area contributed by atoms with Crippen LogP contribution in [0, 0.1) is 5.82 Å². The summed E-state index contributed by atoms with van der Waals surface area (Å²) in [7, 11) is 0. The maximum Gasteiger partial charge on any atom is 0.252 e. The summed E-state index contributed by atoms with van der Waals surface area (Å²) in [5.41, 5.74) is 1.16. The maximum atomic E-state index is 12.9. The van der Waals surface area contributed by atoms with Crippen LogP contribution in [0.25, 0.3) is 11.4 Å². The molecule has 0 aliphatic rings. The molecule has 0 radical (unpaired) electrons. The molecular weight excluding hydrogens is 299 g/mol. The van der Waals surface area contributed by atoms with Gasteiger partial charge in [-0.1, -0.05) is 5.16 Å². The van der Waals surface area contributed by atoms with E-state index in [1.54, 1.807) is 30.5 Å². The minimum absolute atomic E-state index is 0.212. The van der Waals surface area contributed by atoms with Gasteiger partial charge in [0.25, 0.3) is 5.91 Å². The van der Waals surface area contributed by atoms with Crippen LogP contribution in [-0.2, 0) is 6.42 Å². The van der Waals surface area contributed by atoms with Gasteiger partial charge in [0, 0.05) is 30.9 Å². The van der Waals surface area contributed by atoms with Crippen LogP contribution >= 0.6 is 0 Å². The van der Waals surface area contributed by atoms with Crippen molar-refractivity contribution < 1.29 is 13.7 Å². The first-order valence-electron chi connectivity index (χ1n) is 6.99. The zero-order chi connectivity index (χ0) is 16.1. The number of pyridine rings is 1. The highest BCUT2D eigenvalue weighted by Gasteiger charge is 2.10. The molecule has 6 nitrogen and oxygen atoms in total. The standard InChI is InChI=1S/C16H13FN4O2/c17-13-5-3-11(4-6-13)15-20-14(23-21-15)7-9-19-16(22)12-2-1-8-18-10-12/h1-6,8,10H,7,9H2,(H,19,22). The SMILES string of the molecule is O=C(NCCc1nc(-c2ccc(F)cc2)no1)c1cccnc1. The lowest BCUT2D eigenvalue weighted by atomic mass is 10.2. The molecular formula is C16H13FN4O2. The molecule has 0 aliphatic carbocycles. The van der Waals surface area contributed by atoms with Crippen molar-refractivity contribution >= 4 is 5.91 Å². The molecule has 1 aromatic carbocycles. The van der Waals surface area contributed by atoms with E-state index < -0.39 is 0 Å². The van der Waals surface area contributed by atoms with Crippen molar-refractivity contribution in [1.29, 1.82) is 0 Å². The number of aromatic nitrogens is 3. The fraction of sp³-hybridized carbons (Fsp3) is 0.125.